The number of quaternary nitrogens is 1. The van der Waals surface area contributed by atoms with Gasteiger partial charge in [0.25, 0.3) is 0 Å². The minimum absolute atomic E-state index is 0.00969. The number of amides is 4. The lowest BCUT2D eigenvalue weighted by Crippen LogP contribution is -2.52. The van der Waals surface area contributed by atoms with Crippen molar-refractivity contribution in [2.45, 2.75) is 188 Å². The van der Waals surface area contributed by atoms with Crippen LogP contribution in [0.1, 0.15) is 176 Å². The Balaban J connectivity index is 2.08. The molecule has 326 valence electrons. The summed E-state index contributed by atoms with van der Waals surface area (Å²) < 4.78 is 0.959. The van der Waals surface area contributed by atoms with E-state index >= 15 is 0 Å². The van der Waals surface area contributed by atoms with E-state index in [9.17, 15) is 19.2 Å². The minimum atomic E-state index is -0.901. The summed E-state index contributed by atoms with van der Waals surface area (Å²) in [6.45, 7) is 16.0. The van der Waals surface area contributed by atoms with Crippen molar-refractivity contribution >= 4 is 23.6 Å². The van der Waals surface area contributed by atoms with Gasteiger partial charge in [-0.2, -0.15) is 0 Å². The van der Waals surface area contributed by atoms with Crippen LogP contribution in [0.25, 0.3) is 0 Å². The highest BCUT2D eigenvalue weighted by molar-refractivity contribution is 5.86. The summed E-state index contributed by atoms with van der Waals surface area (Å²) in [5.41, 5.74) is -1.71. The Labute approximate surface area is 344 Å². The number of carbonyl (C=O) groups excluding carboxylic acids is 4. The summed E-state index contributed by atoms with van der Waals surface area (Å²) >= 11 is 0. The highest BCUT2D eigenvalue weighted by Crippen LogP contribution is 2.41. The Bertz CT molecular complexity index is 1160. The molecule has 2 fully saturated rings. The predicted molar refractivity (Wildman–Crippen MR) is 232 cm³/mol. The van der Waals surface area contributed by atoms with E-state index in [-0.39, 0.29) is 35.7 Å². The molecule has 0 saturated carbocycles. The third kappa shape index (κ3) is 18.6. The van der Waals surface area contributed by atoms with Crippen LogP contribution in [0.5, 0.6) is 0 Å². The zero-order chi connectivity index (χ0) is 41.6. The highest BCUT2D eigenvalue weighted by atomic mass is 16.2. The van der Waals surface area contributed by atoms with E-state index in [1.54, 1.807) is 0 Å². The first-order valence-electron chi connectivity index (χ1n) is 23.2. The first-order chi connectivity index (χ1) is 26.5. The van der Waals surface area contributed by atoms with Crippen LogP contribution in [0.4, 0.5) is 0 Å². The Morgan fingerprint density at radius 2 is 1.23 bits per heavy atom. The average Bonchev–Trinajstić information content (AvgIpc) is 3.45. The van der Waals surface area contributed by atoms with Crippen LogP contribution in [-0.2, 0) is 19.2 Å². The van der Waals surface area contributed by atoms with E-state index in [0.717, 1.165) is 75.6 Å². The number of unbranched alkanes of at least 4 members (excludes halogenated alkanes) is 9. The lowest BCUT2D eigenvalue weighted by Gasteiger charge is -2.42. The fourth-order valence-corrected chi connectivity index (χ4v) is 9.31. The quantitative estimate of drug-likeness (QED) is 0.0569. The van der Waals surface area contributed by atoms with E-state index in [1.165, 1.54) is 64.2 Å². The van der Waals surface area contributed by atoms with Gasteiger partial charge in [-0.3, -0.25) is 19.2 Å². The second kappa shape index (κ2) is 26.0. The fourth-order valence-electron chi connectivity index (χ4n) is 9.31. The topological polar surface area (TPSA) is 102 Å². The number of hydrogen-bond donors (Lipinski definition) is 2. The van der Waals surface area contributed by atoms with Crippen LogP contribution in [0.3, 0.4) is 0 Å². The van der Waals surface area contributed by atoms with Crippen molar-refractivity contribution in [3.8, 4) is 0 Å². The van der Waals surface area contributed by atoms with Gasteiger partial charge in [0.15, 0.2) is 0 Å². The van der Waals surface area contributed by atoms with Crippen molar-refractivity contribution in [1.29, 1.82) is 0 Å². The summed E-state index contributed by atoms with van der Waals surface area (Å²) in [5.74, 6) is 0.256. The van der Waals surface area contributed by atoms with Crippen LogP contribution < -0.4 is 10.6 Å². The largest absolute Gasteiger partial charge is 0.356 e. The highest BCUT2D eigenvalue weighted by Gasteiger charge is 2.46. The van der Waals surface area contributed by atoms with Crippen molar-refractivity contribution in [1.82, 2.24) is 25.3 Å². The molecular weight excluding hydrogens is 701 g/mol. The van der Waals surface area contributed by atoms with Crippen LogP contribution in [0, 0.1) is 10.8 Å². The monoisotopic (exact) mass is 790 g/mol. The number of nitrogens with zero attached hydrogens (tertiary/aromatic N) is 4. The number of nitrogens with one attached hydrogen (secondary N) is 2. The van der Waals surface area contributed by atoms with Crippen LogP contribution in [-0.4, -0.2) is 129 Å². The zero-order valence-corrected chi connectivity index (χ0v) is 38.1. The molecule has 2 saturated heterocycles. The molecule has 10 nitrogen and oxygen atoms in total. The summed E-state index contributed by atoms with van der Waals surface area (Å²) in [7, 11) is 8.66. The molecule has 2 heterocycles. The molecule has 3 unspecified atom stereocenters. The van der Waals surface area contributed by atoms with Crippen molar-refractivity contribution < 1.29 is 23.7 Å². The minimum Gasteiger partial charge on any atom is -0.356 e. The number of likely N-dealkylation sites (tertiary alicyclic amines) is 2. The van der Waals surface area contributed by atoms with Gasteiger partial charge in [0, 0.05) is 68.4 Å². The van der Waals surface area contributed by atoms with Gasteiger partial charge in [-0.1, -0.05) is 92.4 Å². The summed E-state index contributed by atoms with van der Waals surface area (Å²) in [6, 6.07) is -0.187. The molecule has 0 aromatic carbocycles. The molecule has 0 radical (unpaired) electrons. The van der Waals surface area contributed by atoms with E-state index < -0.39 is 10.8 Å². The molecule has 0 aromatic rings. The average molecular weight is 790 g/mol. The van der Waals surface area contributed by atoms with Crippen molar-refractivity contribution in [3.63, 3.8) is 0 Å². The third-order valence-corrected chi connectivity index (χ3v) is 12.7. The van der Waals surface area contributed by atoms with Crippen LogP contribution in [0.2, 0.25) is 0 Å². The molecule has 0 aliphatic carbocycles. The number of rotatable bonds is 30. The Kier molecular flexibility index (Phi) is 23.2. The molecule has 0 bridgehead atoms. The van der Waals surface area contributed by atoms with E-state index in [2.05, 4.69) is 48.4 Å². The second-order valence-electron chi connectivity index (χ2n) is 19.5. The van der Waals surface area contributed by atoms with E-state index in [1.807, 2.05) is 39.8 Å². The molecular formula is C46H89N6O4+. The maximum atomic E-state index is 14.3. The van der Waals surface area contributed by atoms with Gasteiger partial charge in [-0.05, 0) is 84.8 Å². The standard InChI is InChI=1S/C46H88N6O4/c1-10-12-13-14-15-16-17-18-19-23-34-52(8,9)35-26-30-47-43(55)45(3,4)38-46(5,44(56)48-29-25-31-49(6)7)37-40(51-33-24-28-42(51)54)36-39(11-2)50-32-22-20-21-27-41(50)53/h39-40H,10-38H2,1-9H3,(H-,47,48,55,56)/p+1. The van der Waals surface area contributed by atoms with Gasteiger partial charge in [0.1, 0.15) is 0 Å². The molecule has 56 heavy (non-hydrogen) atoms. The summed E-state index contributed by atoms with van der Waals surface area (Å²) in [5, 5.41) is 6.48. The van der Waals surface area contributed by atoms with Gasteiger partial charge >= 0.3 is 0 Å². The Hall–Kier alpha value is -2.20. The van der Waals surface area contributed by atoms with Crippen molar-refractivity contribution in [3.05, 3.63) is 0 Å². The number of hydrogen-bond acceptors (Lipinski definition) is 5. The van der Waals surface area contributed by atoms with E-state index in [4.69, 9.17) is 0 Å². The van der Waals surface area contributed by atoms with Crippen molar-refractivity contribution in [2.24, 2.45) is 10.8 Å². The molecule has 3 atom stereocenters. The van der Waals surface area contributed by atoms with Crippen molar-refractivity contribution in [2.75, 3.05) is 74.0 Å². The molecule has 2 aliphatic heterocycles. The summed E-state index contributed by atoms with van der Waals surface area (Å²) in [6.07, 6.45) is 22.4. The Morgan fingerprint density at radius 3 is 1.84 bits per heavy atom. The lowest BCUT2D eigenvalue weighted by atomic mass is 9.69. The van der Waals surface area contributed by atoms with Crippen LogP contribution >= 0.6 is 0 Å². The van der Waals surface area contributed by atoms with Gasteiger partial charge in [-0.25, -0.2) is 0 Å². The Morgan fingerprint density at radius 1 is 0.696 bits per heavy atom. The van der Waals surface area contributed by atoms with Gasteiger partial charge in [0.05, 0.1) is 27.2 Å². The zero-order valence-electron chi connectivity index (χ0n) is 38.1. The smallest absolute Gasteiger partial charge is 0.226 e. The second-order valence-corrected chi connectivity index (χ2v) is 19.5. The van der Waals surface area contributed by atoms with Gasteiger partial charge < -0.3 is 29.8 Å². The normalized spacial score (nSPS) is 17.9. The SMILES string of the molecule is CCCCCCCCCCCC[N+](C)(C)CCCNC(=O)C(C)(C)CC(C)(CC(CC(CC)N1CCCCCC1=O)N1CCCC1=O)C(=O)NCCCN(C)C. The molecule has 0 aromatic heterocycles. The van der Waals surface area contributed by atoms with E-state index in [0.29, 0.717) is 51.7 Å². The maximum absolute atomic E-state index is 14.3. The summed E-state index contributed by atoms with van der Waals surface area (Å²) in [4.78, 5) is 61.0. The predicted octanol–water partition coefficient (Wildman–Crippen LogP) is 7.93. The fraction of sp³-hybridized carbons (Fsp3) is 0.913. The van der Waals surface area contributed by atoms with Gasteiger partial charge in [-0.15, -0.1) is 0 Å². The van der Waals surface area contributed by atoms with Gasteiger partial charge in [0.2, 0.25) is 23.6 Å². The molecule has 2 rings (SSSR count). The number of carbonyl (C=O) groups is 4. The molecule has 10 heteroatoms. The molecule has 4 amide bonds. The molecule has 2 N–H and O–H groups in total. The lowest BCUT2D eigenvalue weighted by molar-refractivity contribution is -0.890. The molecule has 2 aliphatic rings. The third-order valence-electron chi connectivity index (χ3n) is 12.7. The maximum Gasteiger partial charge on any atom is 0.226 e. The first-order valence-corrected chi connectivity index (χ1v) is 23.2. The first kappa shape index (κ1) is 49.9. The van der Waals surface area contributed by atoms with Crippen LogP contribution in [0.15, 0.2) is 0 Å². The molecule has 0 spiro atoms.